The van der Waals surface area contributed by atoms with Crippen LogP contribution >= 0.6 is 0 Å². The molecule has 0 spiro atoms. The summed E-state index contributed by atoms with van der Waals surface area (Å²) in [7, 11) is 0. The predicted octanol–water partition coefficient (Wildman–Crippen LogP) is 3.79. The molecular formula is C17H18FN3. The Balaban J connectivity index is 2.31. The molecule has 2 unspecified atom stereocenters. The molecule has 1 aliphatic heterocycles. The number of benzene rings is 1. The summed E-state index contributed by atoms with van der Waals surface area (Å²) >= 11 is 0. The van der Waals surface area contributed by atoms with Crippen molar-refractivity contribution in [1.29, 1.82) is 5.26 Å². The van der Waals surface area contributed by atoms with E-state index in [-0.39, 0.29) is 5.82 Å². The SMILES string of the molecule is Cc1cc(F)cc2c(N3CCC(C)C3C)c(C#N)cnc12. The summed E-state index contributed by atoms with van der Waals surface area (Å²) in [6.45, 7) is 7.12. The zero-order valence-corrected chi connectivity index (χ0v) is 12.5. The highest BCUT2D eigenvalue weighted by Crippen LogP contribution is 2.37. The van der Waals surface area contributed by atoms with E-state index in [4.69, 9.17) is 0 Å². The van der Waals surface area contributed by atoms with E-state index in [1.807, 2.05) is 6.92 Å². The third-order valence-electron chi connectivity index (χ3n) is 4.65. The minimum Gasteiger partial charge on any atom is -0.367 e. The molecule has 0 N–H and O–H groups in total. The predicted molar refractivity (Wildman–Crippen MR) is 81.7 cm³/mol. The highest BCUT2D eigenvalue weighted by Gasteiger charge is 2.30. The number of hydrogen-bond donors (Lipinski definition) is 0. The summed E-state index contributed by atoms with van der Waals surface area (Å²) in [5.74, 6) is 0.285. The molecule has 3 rings (SSSR count). The zero-order chi connectivity index (χ0) is 15.1. The fraction of sp³-hybridized carbons (Fsp3) is 0.412. The molecule has 0 radical (unpaired) electrons. The van der Waals surface area contributed by atoms with Crippen LogP contribution in [-0.4, -0.2) is 17.6 Å². The molecule has 2 aromatic rings. The maximum atomic E-state index is 13.8. The van der Waals surface area contributed by atoms with Gasteiger partial charge in [-0.25, -0.2) is 4.39 Å². The van der Waals surface area contributed by atoms with E-state index in [1.54, 1.807) is 6.20 Å². The van der Waals surface area contributed by atoms with E-state index in [1.165, 1.54) is 12.1 Å². The lowest BCUT2D eigenvalue weighted by molar-refractivity contribution is 0.546. The first-order valence-electron chi connectivity index (χ1n) is 7.28. The summed E-state index contributed by atoms with van der Waals surface area (Å²) in [6, 6.07) is 5.54. The smallest absolute Gasteiger partial charge is 0.124 e. The first-order chi connectivity index (χ1) is 10.0. The molecule has 0 aliphatic carbocycles. The van der Waals surface area contributed by atoms with Crippen molar-refractivity contribution in [3.8, 4) is 6.07 Å². The van der Waals surface area contributed by atoms with E-state index in [0.29, 0.717) is 17.5 Å². The summed E-state index contributed by atoms with van der Waals surface area (Å²) in [5.41, 5.74) is 2.93. The minimum absolute atomic E-state index is 0.280. The van der Waals surface area contributed by atoms with Crippen molar-refractivity contribution in [1.82, 2.24) is 4.98 Å². The van der Waals surface area contributed by atoms with E-state index < -0.39 is 0 Å². The van der Waals surface area contributed by atoms with Crippen molar-refractivity contribution in [2.45, 2.75) is 33.2 Å². The molecule has 1 fully saturated rings. The van der Waals surface area contributed by atoms with Crippen LogP contribution in [0.3, 0.4) is 0 Å². The number of aryl methyl sites for hydroxylation is 1. The molecule has 1 aliphatic rings. The number of nitriles is 1. The van der Waals surface area contributed by atoms with Crippen LogP contribution in [0.1, 0.15) is 31.4 Å². The third kappa shape index (κ3) is 2.13. The number of nitrogens with zero attached hydrogens (tertiary/aromatic N) is 3. The Morgan fingerprint density at radius 3 is 2.76 bits per heavy atom. The van der Waals surface area contributed by atoms with Crippen LogP contribution in [0, 0.1) is 30.0 Å². The largest absolute Gasteiger partial charge is 0.367 e. The van der Waals surface area contributed by atoms with E-state index in [9.17, 15) is 9.65 Å². The molecule has 21 heavy (non-hydrogen) atoms. The zero-order valence-electron chi connectivity index (χ0n) is 12.5. The number of aromatic nitrogens is 1. The van der Waals surface area contributed by atoms with Gasteiger partial charge in [0.1, 0.15) is 11.9 Å². The first kappa shape index (κ1) is 13.8. The summed E-state index contributed by atoms with van der Waals surface area (Å²) in [4.78, 5) is 6.58. The first-order valence-corrected chi connectivity index (χ1v) is 7.28. The molecule has 0 amide bonds. The van der Waals surface area contributed by atoms with Crippen molar-refractivity contribution < 1.29 is 4.39 Å². The second-order valence-electron chi connectivity index (χ2n) is 5.95. The van der Waals surface area contributed by atoms with Gasteiger partial charge in [-0.05, 0) is 43.9 Å². The van der Waals surface area contributed by atoms with Crippen molar-refractivity contribution in [2.75, 3.05) is 11.4 Å². The second kappa shape index (κ2) is 5.00. The van der Waals surface area contributed by atoms with E-state index in [0.717, 1.165) is 35.1 Å². The number of anilines is 1. The van der Waals surface area contributed by atoms with Crippen LogP contribution in [0.4, 0.5) is 10.1 Å². The van der Waals surface area contributed by atoms with Crippen LogP contribution in [-0.2, 0) is 0 Å². The third-order valence-corrected chi connectivity index (χ3v) is 4.65. The minimum atomic E-state index is -0.280. The second-order valence-corrected chi connectivity index (χ2v) is 5.95. The van der Waals surface area contributed by atoms with Gasteiger partial charge in [-0.15, -0.1) is 0 Å². The Morgan fingerprint density at radius 1 is 1.38 bits per heavy atom. The normalized spacial score (nSPS) is 21.8. The molecule has 3 nitrogen and oxygen atoms in total. The standard InChI is InChI=1S/C17H18FN3/c1-10-4-5-21(12(10)3)17-13(8-19)9-20-16-11(2)6-14(18)7-15(16)17/h6-7,9-10,12H,4-5H2,1-3H3. The topological polar surface area (TPSA) is 39.9 Å². The Hall–Kier alpha value is -2.15. The van der Waals surface area contributed by atoms with Gasteiger partial charge in [0, 0.05) is 24.2 Å². The molecule has 1 saturated heterocycles. The highest BCUT2D eigenvalue weighted by atomic mass is 19.1. The molecule has 2 heterocycles. The van der Waals surface area contributed by atoms with E-state index in [2.05, 4.69) is 29.8 Å². The van der Waals surface area contributed by atoms with E-state index >= 15 is 0 Å². The van der Waals surface area contributed by atoms with Gasteiger partial charge < -0.3 is 4.90 Å². The van der Waals surface area contributed by atoms with Gasteiger partial charge in [0.2, 0.25) is 0 Å². The number of halogens is 1. The maximum absolute atomic E-state index is 13.8. The average Bonchev–Trinajstić information content (AvgIpc) is 2.77. The van der Waals surface area contributed by atoms with Crippen LogP contribution in [0.25, 0.3) is 10.9 Å². The molecule has 0 saturated carbocycles. The Bertz CT molecular complexity index is 748. The lowest BCUT2D eigenvalue weighted by Crippen LogP contribution is -2.30. The molecule has 0 bridgehead atoms. The molecular weight excluding hydrogens is 265 g/mol. The molecule has 1 aromatic carbocycles. The van der Waals surface area contributed by atoms with Crippen molar-refractivity contribution >= 4 is 16.6 Å². The van der Waals surface area contributed by atoms with Gasteiger partial charge in [-0.2, -0.15) is 5.26 Å². The van der Waals surface area contributed by atoms with Crippen LogP contribution < -0.4 is 4.90 Å². The molecule has 108 valence electrons. The number of fused-ring (bicyclic) bond motifs is 1. The lowest BCUT2D eigenvalue weighted by atomic mass is 10.0. The van der Waals surface area contributed by atoms with Gasteiger partial charge in [-0.1, -0.05) is 6.92 Å². The van der Waals surface area contributed by atoms with Crippen molar-refractivity contribution in [3.63, 3.8) is 0 Å². The molecule has 2 atom stereocenters. The number of pyridine rings is 1. The average molecular weight is 283 g/mol. The fourth-order valence-electron chi connectivity index (χ4n) is 3.22. The van der Waals surface area contributed by atoms with Crippen LogP contribution in [0.15, 0.2) is 18.3 Å². The van der Waals surface area contributed by atoms with Crippen molar-refractivity contribution in [3.05, 3.63) is 35.3 Å². The highest BCUT2D eigenvalue weighted by molar-refractivity contribution is 5.96. The lowest BCUT2D eigenvalue weighted by Gasteiger charge is -2.28. The molecule has 1 aromatic heterocycles. The van der Waals surface area contributed by atoms with Gasteiger partial charge in [0.05, 0.1) is 16.8 Å². The van der Waals surface area contributed by atoms with Crippen LogP contribution in [0.5, 0.6) is 0 Å². The Morgan fingerprint density at radius 2 is 2.14 bits per heavy atom. The number of hydrogen-bond acceptors (Lipinski definition) is 3. The summed E-state index contributed by atoms with van der Waals surface area (Å²) in [6.07, 6.45) is 2.70. The number of rotatable bonds is 1. The van der Waals surface area contributed by atoms with Crippen LogP contribution in [0.2, 0.25) is 0 Å². The van der Waals surface area contributed by atoms with Gasteiger partial charge in [-0.3, -0.25) is 4.98 Å². The monoisotopic (exact) mass is 283 g/mol. The summed E-state index contributed by atoms with van der Waals surface area (Å²) < 4.78 is 13.8. The molecule has 4 heteroatoms. The van der Waals surface area contributed by atoms with Gasteiger partial charge in [0.25, 0.3) is 0 Å². The van der Waals surface area contributed by atoms with Gasteiger partial charge in [0.15, 0.2) is 0 Å². The fourth-order valence-corrected chi connectivity index (χ4v) is 3.22. The Labute approximate surface area is 124 Å². The van der Waals surface area contributed by atoms with Gasteiger partial charge >= 0.3 is 0 Å². The maximum Gasteiger partial charge on any atom is 0.124 e. The Kier molecular flexibility index (Phi) is 3.29. The quantitative estimate of drug-likeness (QED) is 0.799. The van der Waals surface area contributed by atoms with Crippen molar-refractivity contribution in [2.24, 2.45) is 5.92 Å². The summed E-state index contributed by atoms with van der Waals surface area (Å²) in [5, 5.41) is 10.2.